The van der Waals surface area contributed by atoms with E-state index >= 15 is 0 Å². The predicted octanol–water partition coefficient (Wildman–Crippen LogP) is 5.40. The SMILES string of the molecule is C/C(=N\NC(=O)c1ccc(C(=O)CCC(=O)O)s1)c1csc(-c2ccc(C(F)(F)F)cc2)c1O. The first-order valence-corrected chi connectivity index (χ1v) is 11.3. The van der Waals surface area contributed by atoms with Gasteiger partial charge >= 0.3 is 12.1 Å². The van der Waals surface area contributed by atoms with Crippen molar-refractivity contribution in [1.29, 1.82) is 0 Å². The van der Waals surface area contributed by atoms with E-state index in [1.807, 2.05) is 0 Å². The van der Waals surface area contributed by atoms with E-state index < -0.39 is 23.6 Å². The molecule has 1 amide bonds. The molecule has 178 valence electrons. The number of carboxylic acids is 1. The Morgan fingerprint density at radius 1 is 1.03 bits per heavy atom. The Bertz CT molecular complexity index is 1260. The lowest BCUT2D eigenvalue weighted by Crippen LogP contribution is -2.18. The molecule has 0 saturated carbocycles. The second-order valence-corrected chi connectivity index (χ2v) is 8.98. The number of hydrogen-bond donors (Lipinski definition) is 3. The van der Waals surface area contributed by atoms with Gasteiger partial charge in [0, 0.05) is 11.8 Å². The molecular weight excluding hydrogens is 493 g/mol. The zero-order chi connectivity index (χ0) is 25.0. The number of halogens is 3. The van der Waals surface area contributed by atoms with Crippen molar-refractivity contribution in [1.82, 2.24) is 5.43 Å². The van der Waals surface area contributed by atoms with Crippen molar-refractivity contribution < 1.29 is 37.8 Å². The smallest absolute Gasteiger partial charge is 0.416 e. The number of rotatable bonds is 8. The number of carboxylic acid groups (broad SMARTS) is 1. The molecule has 0 aliphatic rings. The van der Waals surface area contributed by atoms with E-state index in [1.54, 1.807) is 5.38 Å². The number of Topliss-reactive ketones (excluding diaryl/α,β-unsaturated/α-hetero) is 1. The minimum atomic E-state index is -4.46. The summed E-state index contributed by atoms with van der Waals surface area (Å²) in [6, 6.07) is 7.23. The lowest BCUT2D eigenvalue weighted by molar-refractivity contribution is -0.138. The van der Waals surface area contributed by atoms with Gasteiger partial charge in [-0.25, -0.2) is 5.43 Å². The maximum atomic E-state index is 12.8. The average molecular weight is 511 g/mol. The average Bonchev–Trinajstić information content (AvgIpc) is 3.42. The summed E-state index contributed by atoms with van der Waals surface area (Å²) in [5.74, 6) is -2.25. The van der Waals surface area contributed by atoms with E-state index in [9.17, 15) is 32.7 Å². The minimum absolute atomic E-state index is 0.174. The first-order valence-electron chi connectivity index (χ1n) is 9.65. The summed E-state index contributed by atoms with van der Waals surface area (Å²) < 4.78 is 38.3. The molecule has 0 atom stereocenters. The molecule has 0 saturated heterocycles. The molecule has 0 spiro atoms. The fourth-order valence-electron chi connectivity index (χ4n) is 2.83. The normalized spacial score (nSPS) is 11.9. The van der Waals surface area contributed by atoms with Crippen LogP contribution in [0.3, 0.4) is 0 Å². The van der Waals surface area contributed by atoms with E-state index in [4.69, 9.17) is 5.11 Å². The monoisotopic (exact) mass is 510 g/mol. The maximum Gasteiger partial charge on any atom is 0.416 e. The Hall–Kier alpha value is -3.51. The van der Waals surface area contributed by atoms with Gasteiger partial charge in [0.2, 0.25) is 0 Å². The molecule has 0 aliphatic heterocycles. The number of ketones is 1. The van der Waals surface area contributed by atoms with Crippen molar-refractivity contribution in [2.75, 3.05) is 0 Å². The fourth-order valence-corrected chi connectivity index (χ4v) is 4.70. The van der Waals surface area contributed by atoms with Crippen LogP contribution in [-0.4, -0.2) is 33.6 Å². The van der Waals surface area contributed by atoms with Gasteiger partial charge in [0.05, 0.1) is 37.9 Å². The summed E-state index contributed by atoms with van der Waals surface area (Å²) in [5, 5.41) is 24.7. The second-order valence-electron chi connectivity index (χ2n) is 7.02. The topological polar surface area (TPSA) is 116 Å². The predicted molar refractivity (Wildman–Crippen MR) is 122 cm³/mol. The lowest BCUT2D eigenvalue weighted by Gasteiger charge is -2.07. The molecule has 0 bridgehead atoms. The van der Waals surface area contributed by atoms with E-state index in [0.29, 0.717) is 16.0 Å². The third kappa shape index (κ3) is 5.88. The van der Waals surface area contributed by atoms with Gasteiger partial charge in [-0.1, -0.05) is 12.1 Å². The van der Waals surface area contributed by atoms with Gasteiger partial charge in [0.1, 0.15) is 5.75 Å². The molecule has 3 rings (SSSR count). The van der Waals surface area contributed by atoms with E-state index in [2.05, 4.69) is 10.5 Å². The summed E-state index contributed by atoms with van der Waals surface area (Å²) in [6.07, 6.45) is -4.94. The number of carbonyl (C=O) groups excluding carboxylic acids is 2. The van der Waals surface area contributed by atoms with Gasteiger partial charge in [0.25, 0.3) is 5.91 Å². The molecule has 3 aromatic rings. The third-order valence-corrected chi connectivity index (χ3v) is 6.77. The Morgan fingerprint density at radius 2 is 1.68 bits per heavy atom. The number of alkyl halides is 3. The quantitative estimate of drug-likeness (QED) is 0.213. The Kier molecular flexibility index (Phi) is 7.52. The zero-order valence-corrected chi connectivity index (χ0v) is 19.1. The zero-order valence-electron chi connectivity index (χ0n) is 17.5. The third-order valence-electron chi connectivity index (χ3n) is 4.62. The van der Waals surface area contributed by atoms with Crippen LogP contribution in [0, 0.1) is 0 Å². The summed E-state index contributed by atoms with van der Waals surface area (Å²) in [5.41, 5.74) is 2.49. The van der Waals surface area contributed by atoms with Gasteiger partial charge in [-0.2, -0.15) is 18.3 Å². The fraction of sp³-hybridized carbons (Fsp3) is 0.182. The Morgan fingerprint density at radius 3 is 2.29 bits per heavy atom. The van der Waals surface area contributed by atoms with Crippen LogP contribution in [0.25, 0.3) is 10.4 Å². The van der Waals surface area contributed by atoms with Gasteiger partial charge in [-0.3, -0.25) is 14.4 Å². The van der Waals surface area contributed by atoms with E-state index in [0.717, 1.165) is 34.8 Å². The molecule has 34 heavy (non-hydrogen) atoms. The number of aromatic hydroxyl groups is 1. The molecule has 7 nitrogen and oxygen atoms in total. The van der Waals surface area contributed by atoms with Crippen molar-refractivity contribution >= 4 is 46.0 Å². The first kappa shape index (κ1) is 25.1. The van der Waals surface area contributed by atoms with Crippen LogP contribution in [0.4, 0.5) is 13.2 Å². The highest BCUT2D eigenvalue weighted by Crippen LogP contribution is 2.40. The molecule has 2 aromatic heterocycles. The van der Waals surface area contributed by atoms with Crippen molar-refractivity contribution in [3.63, 3.8) is 0 Å². The summed E-state index contributed by atoms with van der Waals surface area (Å²) >= 11 is 2.02. The standard InChI is InChI=1S/C22H17F3N2O5S2/c1-11(26-27-21(32)17-8-7-16(34-17)15(28)6-9-18(29)30)14-10-33-20(19(14)31)12-2-4-13(5-3-12)22(23,24)25/h2-5,7-8,10,31H,6,9H2,1H3,(H,27,32)(H,29,30)/b26-11+. The van der Waals surface area contributed by atoms with Crippen LogP contribution in [0.2, 0.25) is 0 Å². The number of hydrazone groups is 1. The highest BCUT2D eigenvalue weighted by atomic mass is 32.1. The van der Waals surface area contributed by atoms with Crippen LogP contribution < -0.4 is 5.43 Å². The number of hydrogen-bond acceptors (Lipinski definition) is 7. The van der Waals surface area contributed by atoms with Gasteiger partial charge in [-0.05, 0) is 36.8 Å². The maximum absolute atomic E-state index is 12.8. The highest BCUT2D eigenvalue weighted by Gasteiger charge is 2.30. The second kappa shape index (κ2) is 10.2. The number of nitrogens with zero attached hydrogens (tertiary/aromatic N) is 1. The molecule has 12 heteroatoms. The number of amides is 1. The van der Waals surface area contributed by atoms with Crippen LogP contribution in [-0.2, 0) is 11.0 Å². The number of carbonyl (C=O) groups is 3. The Labute approximate surface area is 199 Å². The number of aliphatic carboxylic acids is 1. The van der Waals surface area contributed by atoms with Gasteiger partial charge in [0.15, 0.2) is 5.78 Å². The molecule has 0 aliphatic carbocycles. The van der Waals surface area contributed by atoms with Crippen LogP contribution >= 0.6 is 22.7 Å². The van der Waals surface area contributed by atoms with Crippen molar-refractivity contribution in [2.24, 2.45) is 5.10 Å². The molecule has 0 radical (unpaired) electrons. The summed E-state index contributed by atoms with van der Waals surface area (Å²) in [6.45, 7) is 1.54. The van der Waals surface area contributed by atoms with Gasteiger partial charge < -0.3 is 10.2 Å². The van der Waals surface area contributed by atoms with Crippen LogP contribution in [0.15, 0.2) is 46.9 Å². The molecule has 0 fully saturated rings. The minimum Gasteiger partial charge on any atom is -0.506 e. The lowest BCUT2D eigenvalue weighted by atomic mass is 10.1. The first-order chi connectivity index (χ1) is 16.0. The molecule has 1 aromatic carbocycles. The molecular formula is C22H17F3N2O5S2. The Balaban J connectivity index is 1.69. The number of benzene rings is 1. The van der Waals surface area contributed by atoms with Crippen molar-refractivity contribution in [3.8, 4) is 16.2 Å². The number of thiophene rings is 2. The highest BCUT2D eigenvalue weighted by molar-refractivity contribution is 7.16. The summed E-state index contributed by atoms with van der Waals surface area (Å²) in [4.78, 5) is 35.7. The van der Waals surface area contributed by atoms with Gasteiger partial charge in [-0.15, -0.1) is 22.7 Å². The largest absolute Gasteiger partial charge is 0.506 e. The number of nitrogens with one attached hydrogen (secondary N) is 1. The van der Waals surface area contributed by atoms with Crippen LogP contribution in [0.5, 0.6) is 5.75 Å². The van der Waals surface area contributed by atoms with E-state index in [-0.39, 0.29) is 39.8 Å². The van der Waals surface area contributed by atoms with Crippen molar-refractivity contribution in [3.05, 3.63) is 62.7 Å². The molecule has 3 N–H and O–H groups in total. The van der Waals surface area contributed by atoms with Crippen LogP contribution in [0.1, 0.15) is 50.2 Å². The molecule has 0 unspecified atom stereocenters. The van der Waals surface area contributed by atoms with E-state index in [1.165, 1.54) is 31.2 Å². The van der Waals surface area contributed by atoms with Crippen molar-refractivity contribution in [2.45, 2.75) is 25.9 Å². The summed E-state index contributed by atoms with van der Waals surface area (Å²) in [7, 11) is 0. The molecule has 2 heterocycles.